The molecule has 0 spiro atoms. The van der Waals surface area contributed by atoms with E-state index in [9.17, 15) is 24.0 Å². The lowest BCUT2D eigenvalue weighted by Crippen LogP contribution is -2.54. The van der Waals surface area contributed by atoms with Gasteiger partial charge in [0.25, 0.3) is 0 Å². The van der Waals surface area contributed by atoms with Crippen molar-refractivity contribution in [1.82, 2.24) is 16.0 Å². The van der Waals surface area contributed by atoms with Gasteiger partial charge in [0.1, 0.15) is 23.7 Å². The first-order valence-electron chi connectivity index (χ1n) is 11.4. The summed E-state index contributed by atoms with van der Waals surface area (Å²) in [5.41, 5.74) is 6.56. The Bertz CT molecular complexity index is 1140. The number of aryl methyl sites for hydroxylation is 1. The molecule has 0 fully saturated rings. The third-order valence-electron chi connectivity index (χ3n) is 5.36. The van der Waals surface area contributed by atoms with Crippen LogP contribution in [0.3, 0.4) is 0 Å². The number of rotatable bonds is 11. The summed E-state index contributed by atoms with van der Waals surface area (Å²) in [6.45, 7) is 6.50. The molecule has 11 heteroatoms. The number of nitrogens with one attached hydrogen (secondary N) is 4. The van der Waals surface area contributed by atoms with E-state index in [0.717, 1.165) is 10.9 Å². The molecule has 0 aliphatic rings. The molecule has 1 heterocycles. The van der Waals surface area contributed by atoms with E-state index in [0.29, 0.717) is 37.1 Å². The third-order valence-corrected chi connectivity index (χ3v) is 5.36. The zero-order chi connectivity index (χ0) is 26.1. The van der Waals surface area contributed by atoms with Crippen molar-refractivity contribution >= 4 is 40.3 Å². The summed E-state index contributed by atoms with van der Waals surface area (Å²) in [4.78, 5) is 60.7. The van der Waals surface area contributed by atoms with Crippen LogP contribution in [-0.4, -0.2) is 48.3 Å². The number of hydrogen-bond donors (Lipinski definition) is 5. The second-order valence-electron chi connectivity index (χ2n) is 8.45. The molecule has 0 aliphatic carbocycles. The average molecular weight is 488 g/mol. The minimum atomic E-state index is -0.943. The Morgan fingerprint density at radius 2 is 1.60 bits per heavy atom. The van der Waals surface area contributed by atoms with Crippen LogP contribution >= 0.6 is 0 Å². The van der Waals surface area contributed by atoms with Crippen LogP contribution in [0.4, 0.5) is 5.69 Å². The summed E-state index contributed by atoms with van der Waals surface area (Å²) in [7, 11) is 0. The van der Waals surface area contributed by atoms with Crippen molar-refractivity contribution in [1.29, 1.82) is 0 Å². The lowest BCUT2D eigenvalue weighted by molar-refractivity contribution is -0.132. The van der Waals surface area contributed by atoms with Crippen LogP contribution in [0.25, 0.3) is 11.0 Å². The number of fused-ring (bicyclic) bond motifs is 1. The van der Waals surface area contributed by atoms with Crippen molar-refractivity contribution in [2.45, 2.75) is 65.1 Å². The number of hydrogen-bond acceptors (Lipinski definition) is 7. The van der Waals surface area contributed by atoms with Gasteiger partial charge in [-0.2, -0.15) is 0 Å². The van der Waals surface area contributed by atoms with Gasteiger partial charge in [-0.3, -0.25) is 19.2 Å². The van der Waals surface area contributed by atoms with E-state index in [1.807, 2.05) is 0 Å². The highest BCUT2D eigenvalue weighted by Gasteiger charge is 2.25. The van der Waals surface area contributed by atoms with Gasteiger partial charge in [-0.1, -0.05) is 0 Å². The number of anilines is 1. The largest absolute Gasteiger partial charge is 0.423 e. The van der Waals surface area contributed by atoms with Gasteiger partial charge >= 0.3 is 5.63 Å². The minimum Gasteiger partial charge on any atom is -0.423 e. The molecule has 0 bridgehead atoms. The maximum Gasteiger partial charge on any atom is 0.336 e. The van der Waals surface area contributed by atoms with Crippen LogP contribution in [0, 0.1) is 6.92 Å². The smallest absolute Gasteiger partial charge is 0.336 e. The fraction of sp³-hybridized carbons (Fsp3) is 0.458. The number of carbonyl (C=O) groups excluding carboxylic acids is 4. The van der Waals surface area contributed by atoms with Crippen molar-refractivity contribution in [3.05, 3.63) is 40.2 Å². The van der Waals surface area contributed by atoms with Gasteiger partial charge in [-0.15, -0.1) is 0 Å². The molecule has 3 atom stereocenters. The van der Waals surface area contributed by atoms with Crippen LogP contribution in [0.15, 0.2) is 33.5 Å². The van der Waals surface area contributed by atoms with E-state index >= 15 is 0 Å². The Balaban J connectivity index is 2.10. The lowest BCUT2D eigenvalue weighted by atomic mass is 10.1. The summed E-state index contributed by atoms with van der Waals surface area (Å²) in [6.07, 6.45) is 1.60. The Hall–Kier alpha value is -3.73. The normalized spacial score (nSPS) is 13.4. The Morgan fingerprint density at radius 1 is 0.943 bits per heavy atom. The summed E-state index contributed by atoms with van der Waals surface area (Å²) in [5.74, 6) is -1.92. The fourth-order valence-electron chi connectivity index (χ4n) is 3.46. The number of nitrogens with two attached hydrogens (primary N) is 1. The van der Waals surface area contributed by atoms with Crippen molar-refractivity contribution in [3.8, 4) is 0 Å². The summed E-state index contributed by atoms with van der Waals surface area (Å²) < 4.78 is 5.22. The van der Waals surface area contributed by atoms with Gasteiger partial charge in [0, 0.05) is 30.1 Å². The monoisotopic (exact) mass is 487 g/mol. The first-order valence-corrected chi connectivity index (χ1v) is 11.4. The molecule has 0 saturated carbocycles. The quantitative estimate of drug-likeness (QED) is 0.229. The standard InChI is InChI=1S/C24H33N5O6/c1-13-11-21(31)35-20-12-17(8-9-18(13)20)28-24(34)19(7-5-6-10-25)29-23(33)15(3)27-22(32)14(2)26-16(4)30/h8-9,11-12,14-15,19H,5-7,10,25H2,1-4H3,(H,26,30)(H,27,32)(H,28,34)(H,29,33). The average Bonchev–Trinajstić information content (AvgIpc) is 2.77. The van der Waals surface area contributed by atoms with Gasteiger partial charge in [-0.25, -0.2) is 4.79 Å². The second kappa shape index (κ2) is 12.7. The third kappa shape index (κ3) is 8.21. The molecular weight excluding hydrogens is 454 g/mol. The van der Waals surface area contributed by atoms with E-state index in [-0.39, 0.29) is 5.91 Å². The van der Waals surface area contributed by atoms with Gasteiger partial charge < -0.3 is 31.4 Å². The molecule has 190 valence electrons. The van der Waals surface area contributed by atoms with Gasteiger partial charge in [0.2, 0.25) is 23.6 Å². The maximum atomic E-state index is 13.0. The van der Waals surface area contributed by atoms with Crippen LogP contribution in [0.1, 0.15) is 45.6 Å². The molecule has 0 saturated heterocycles. The summed E-state index contributed by atoms with van der Waals surface area (Å²) in [5, 5.41) is 11.1. The zero-order valence-electron chi connectivity index (χ0n) is 20.4. The van der Waals surface area contributed by atoms with Crippen molar-refractivity contribution in [2.75, 3.05) is 11.9 Å². The topological polar surface area (TPSA) is 173 Å². The Morgan fingerprint density at radius 3 is 2.26 bits per heavy atom. The molecule has 0 radical (unpaired) electrons. The molecule has 0 aliphatic heterocycles. The van der Waals surface area contributed by atoms with Crippen LogP contribution in [-0.2, 0) is 19.2 Å². The SMILES string of the molecule is CC(=O)NC(C)C(=O)NC(C)C(=O)NC(CCCCN)C(=O)Nc1ccc2c(C)cc(=O)oc2c1. The summed E-state index contributed by atoms with van der Waals surface area (Å²) in [6, 6.07) is 3.70. The van der Waals surface area contributed by atoms with Crippen LogP contribution < -0.4 is 32.6 Å². The molecule has 2 aromatic rings. The Kier molecular flexibility index (Phi) is 9.95. The highest BCUT2D eigenvalue weighted by molar-refractivity contribution is 5.99. The number of unbranched alkanes of at least 4 members (excludes halogenated alkanes) is 1. The van der Waals surface area contributed by atoms with Crippen LogP contribution in [0.2, 0.25) is 0 Å². The Labute approximate surface area is 203 Å². The number of benzene rings is 1. The van der Waals surface area contributed by atoms with E-state index in [1.54, 1.807) is 25.1 Å². The van der Waals surface area contributed by atoms with E-state index in [2.05, 4.69) is 21.3 Å². The van der Waals surface area contributed by atoms with Gasteiger partial charge in [-0.05, 0) is 64.3 Å². The number of carbonyl (C=O) groups is 4. The molecule has 35 heavy (non-hydrogen) atoms. The highest BCUT2D eigenvalue weighted by atomic mass is 16.4. The predicted molar refractivity (Wildman–Crippen MR) is 132 cm³/mol. The molecule has 6 N–H and O–H groups in total. The molecule has 3 unspecified atom stereocenters. The van der Waals surface area contributed by atoms with E-state index in [1.165, 1.54) is 26.8 Å². The second-order valence-corrected chi connectivity index (χ2v) is 8.45. The molecule has 4 amide bonds. The molecule has 1 aromatic heterocycles. The van der Waals surface area contributed by atoms with Gasteiger partial charge in [0.15, 0.2) is 0 Å². The van der Waals surface area contributed by atoms with Gasteiger partial charge in [0.05, 0.1) is 0 Å². The lowest BCUT2D eigenvalue weighted by Gasteiger charge is -2.22. The first-order chi connectivity index (χ1) is 16.5. The van der Waals surface area contributed by atoms with Crippen LogP contribution in [0.5, 0.6) is 0 Å². The predicted octanol–water partition coefficient (Wildman–Crippen LogP) is 0.683. The highest BCUT2D eigenvalue weighted by Crippen LogP contribution is 2.21. The zero-order valence-corrected chi connectivity index (χ0v) is 20.4. The number of amides is 4. The molecule has 1 aromatic carbocycles. The molecule has 11 nitrogen and oxygen atoms in total. The molecule has 2 rings (SSSR count). The van der Waals surface area contributed by atoms with E-state index in [4.69, 9.17) is 10.2 Å². The maximum absolute atomic E-state index is 13.0. The van der Waals surface area contributed by atoms with Crippen molar-refractivity contribution in [2.24, 2.45) is 5.73 Å². The fourth-order valence-corrected chi connectivity index (χ4v) is 3.46. The molecular formula is C24H33N5O6. The van der Waals surface area contributed by atoms with Crippen molar-refractivity contribution in [3.63, 3.8) is 0 Å². The van der Waals surface area contributed by atoms with Crippen molar-refractivity contribution < 1.29 is 23.6 Å². The first kappa shape index (κ1) is 27.5. The van der Waals surface area contributed by atoms with E-state index < -0.39 is 41.5 Å². The minimum absolute atomic E-state index is 0.333. The summed E-state index contributed by atoms with van der Waals surface area (Å²) >= 11 is 0.